The Morgan fingerprint density at radius 1 is 1.33 bits per heavy atom. The average molecular weight is 431 g/mol. The Balaban J connectivity index is 1.35. The zero-order valence-corrected chi connectivity index (χ0v) is 17.8. The van der Waals surface area contributed by atoms with Gasteiger partial charge in [-0.3, -0.25) is 14.7 Å². The number of benzene rings is 1. The molecule has 2 aromatic rings. The van der Waals surface area contributed by atoms with E-state index in [-0.39, 0.29) is 29.5 Å². The van der Waals surface area contributed by atoms with Gasteiger partial charge in [-0.25, -0.2) is 0 Å². The molecule has 2 amide bonds. The molecular weight excluding hydrogens is 404 g/mol. The van der Waals surface area contributed by atoms with Crippen LogP contribution >= 0.6 is 11.6 Å². The first-order valence-electron chi connectivity index (χ1n) is 10.5. The summed E-state index contributed by atoms with van der Waals surface area (Å²) in [6, 6.07) is 9.78. The van der Waals surface area contributed by atoms with Crippen LogP contribution < -0.4 is 5.32 Å². The van der Waals surface area contributed by atoms with Crippen molar-refractivity contribution in [2.75, 3.05) is 13.1 Å². The molecule has 0 bridgehead atoms. The van der Waals surface area contributed by atoms with Crippen molar-refractivity contribution in [3.8, 4) is 0 Å². The summed E-state index contributed by atoms with van der Waals surface area (Å²) in [5.41, 5.74) is 0.748. The number of aliphatic hydroxyl groups is 1. The van der Waals surface area contributed by atoms with E-state index in [1.54, 1.807) is 4.90 Å². The van der Waals surface area contributed by atoms with Gasteiger partial charge in [-0.1, -0.05) is 48.9 Å². The van der Waals surface area contributed by atoms with Crippen LogP contribution in [0.15, 0.2) is 30.3 Å². The number of amides is 2. The van der Waals surface area contributed by atoms with Gasteiger partial charge in [0.1, 0.15) is 5.60 Å². The summed E-state index contributed by atoms with van der Waals surface area (Å²) in [5.74, 6) is -0.378. The molecule has 1 saturated carbocycles. The molecule has 30 heavy (non-hydrogen) atoms. The third-order valence-electron chi connectivity index (χ3n) is 6.23. The zero-order chi connectivity index (χ0) is 21.3. The van der Waals surface area contributed by atoms with Crippen molar-refractivity contribution in [3.05, 3.63) is 52.3 Å². The quantitative estimate of drug-likeness (QED) is 0.679. The molecule has 2 fully saturated rings. The zero-order valence-electron chi connectivity index (χ0n) is 17.0. The van der Waals surface area contributed by atoms with E-state index in [1.165, 1.54) is 0 Å². The molecule has 7 nitrogen and oxygen atoms in total. The maximum atomic E-state index is 13.0. The smallest absolute Gasteiger partial charge is 0.273 e. The summed E-state index contributed by atoms with van der Waals surface area (Å²) in [4.78, 5) is 27.3. The van der Waals surface area contributed by atoms with Crippen LogP contribution in [0.1, 0.15) is 60.3 Å². The second-order valence-electron chi connectivity index (χ2n) is 8.33. The number of likely N-dealkylation sites (tertiary alicyclic amines) is 1. The van der Waals surface area contributed by atoms with E-state index in [0.29, 0.717) is 37.4 Å². The highest BCUT2D eigenvalue weighted by Crippen LogP contribution is 2.45. The number of aromatic nitrogens is 2. The summed E-state index contributed by atoms with van der Waals surface area (Å²) in [5, 5.41) is 20.9. The number of aromatic amines is 1. The Hall–Kier alpha value is -2.38. The summed E-state index contributed by atoms with van der Waals surface area (Å²) in [6.07, 6.45) is 3.07. The lowest BCUT2D eigenvalue weighted by Crippen LogP contribution is -2.59. The predicted octanol–water partition coefficient (Wildman–Crippen LogP) is 2.66. The van der Waals surface area contributed by atoms with Crippen molar-refractivity contribution in [2.24, 2.45) is 0 Å². The Morgan fingerprint density at radius 2 is 2.07 bits per heavy atom. The molecule has 1 aliphatic heterocycles. The van der Waals surface area contributed by atoms with E-state index in [2.05, 4.69) is 15.5 Å². The minimum absolute atomic E-state index is 0.181. The Kier molecular flexibility index (Phi) is 5.84. The fraction of sp³-hybridized carbons (Fsp3) is 0.500. The lowest BCUT2D eigenvalue weighted by Gasteiger charge is -2.46. The molecule has 2 aliphatic rings. The first-order valence-corrected chi connectivity index (χ1v) is 10.9. The molecule has 3 N–H and O–H groups in total. The highest BCUT2D eigenvalue weighted by atomic mass is 35.5. The number of hydrogen-bond donors (Lipinski definition) is 3. The van der Waals surface area contributed by atoms with Crippen molar-refractivity contribution >= 4 is 23.4 Å². The van der Waals surface area contributed by atoms with Crippen molar-refractivity contribution in [1.29, 1.82) is 0 Å². The third-order valence-corrected chi connectivity index (χ3v) is 6.63. The first-order chi connectivity index (χ1) is 14.4. The number of rotatable bonds is 5. The molecular formula is C22H27ClN4O3. The van der Waals surface area contributed by atoms with E-state index in [9.17, 15) is 14.7 Å². The van der Waals surface area contributed by atoms with E-state index in [1.807, 2.05) is 37.3 Å². The molecule has 1 atom stereocenters. The van der Waals surface area contributed by atoms with E-state index in [4.69, 9.17) is 11.6 Å². The van der Waals surface area contributed by atoms with Gasteiger partial charge < -0.3 is 15.3 Å². The molecule has 1 aromatic heterocycles. The van der Waals surface area contributed by atoms with Crippen LogP contribution in [-0.2, 0) is 11.2 Å². The molecule has 2 heterocycles. The Bertz CT molecular complexity index is 924. The van der Waals surface area contributed by atoms with Crippen molar-refractivity contribution in [3.63, 3.8) is 0 Å². The van der Waals surface area contributed by atoms with Crippen LogP contribution in [0.5, 0.6) is 0 Å². The van der Waals surface area contributed by atoms with Gasteiger partial charge in [-0.2, -0.15) is 5.10 Å². The van der Waals surface area contributed by atoms with Crippen LogP contribution in [-0.4, -0.2) is 56.8 Å². The van der Waals surface area contributed by atoms with Crippen LogP contribution in [0, 0.1) is 0 Å². The molecule has 1 unspecified atom stereocenters. The Morgan fingerprint density at radius 3 is 2.73 bits per heavy atom. The molecule has 8 heteroatoms. The third kappa shape index (κ3) is 3.96. The predicted molar refractivity (Wildman–Crippen MR) is 113 cm³/mol. The largest absolute Gasteiger partial charge is 0.380 e. The fourth-order valence-electron chi connectivity index (χ4n) is 4.47. The number of halogens is 1. The molecule has 4 rings (SSSR count). The average Bonchev–Trinajstić information content (AvgIpc) is 3.12. The van der Waals surface area contributed by atoms with Gasteiger partial charge in [0.15, 0.2) is 5.69 Å². The maximum Gasteiger partial charge on any atom is 0.273 e. The fourth-order valence-corrected chi connectivity index (χ4v) is 4.77. The van der Waals surface area contributed by atoms with Crippen LogP contribution in [0.4, 0.5) is 0 Å². The number of nitrogens with zero attached hydrogens (tertiary/aromatic N) is 2. The van der Waals surface area contributed by atoms with Gasteiger partial charge in [-0.15, -0.1) is 0 Å². The number of piperidine rings is 1. The van der Waals surface area contributed by atoms with Gasteiger partial charge in [0.2, 0.25) is 0 Å². The van der Waals surface area contributed by atoms with Gasteiger partial charge in [0, 0.05) is 19.1 Å². The molecule has 1 aromatic carbocycles. The lowest BCUT2D eigenvalue weighted by molar-refractivity contribution is -0.164. The highest BCUT2D eigenvalue weighted by molar-refractivity contribution is 6.34. The number of carbonyl (C=O) groups is 2. The van der Waals surface area contributed by atoms with E-state index < -0.39 is 5.60 Å². The molecule has 0 radical (unpaired) electrons. The second kappa shape index (κ2) is 8.40. The number of carbonyl (C=O) groups excluding carboxylic acids is 2. The number of H-pyrrole nitrogens is 1. The van der Waals surface area contributed by atoms with Crippen LogP contribution in [0.2, 0.25) is 5.02 Å². The molecule has 0 spiro atoms. The first kappa shape index (κ1) is 20.9. The van der Waals surface area contributed by atoms with Crippen LogP contribution in [0.3, 0.4) is 0 Å². The summed E-state index contributed by atoms with van der Waals surface area (Å²) in [6.45, 7) is 2.90. The van der Waals surface area contributed by atoms with Gasteiger partial charge in [-0.05, 0) is 43.6 Å². The lowest BCUT2D eigenvalue weighted by atomic mass is 9.67. The minimum Gasteiger partial charge on any atom is -0.380 e. The van der Waals surface area contributed by atoms with Crippen molar-refractivity contribution in [2.45, 2.75) is 56.6 Å². The molecule has 1 aliphatic carbocycles. The number of nitrogens with one attached hydrogen (secondary N) is 2. The topological polar surface area (TPSA) is 98.3 Å². The maximum absolute atomic E-state index is 13.0. The molecule has 160 valence electrons. The normalized spacial score (nSPS) is 26.2. The molecule has 1 saturated heterocycles. The Labute approximate surface area is 180 Å². The number of aryl methyl sites for hydroxylation is 1. The summed E-state index contributed by atoms with van der Waals surface area (Å²) < 4.78 is 0. The van der Waals surface area contributed by atoms with E-state index >= 15 is 0 Å². The van der Waals surface area contributed by atoms with Gasteiger partial charge >= 0.3 is 0 Å². The van der Waals surface area contributed by atoms with Crippen LogP contribution in [0.25, 0.3) is 0 Å². The summed E-state index contributed by atoms with van der Waals surface area (Å²) in [7, 11) is 0. The van der Waals surface area contributed by atoms with Crippen molar-refractivity contribution < 1.29 is 14.7 Å². The monoisotopic (exact) mass is 430 g/mol. The van der Waals surface area contributed by atoms with Gasteiger partial charge in [0.05, 0.1) is 10.7 Å². The van der Waals surface area contributed by atoms with E-state index in [0.717, 1.165) is 24.1 Å². The minimum atomic E-state index is -1.31. The number of hydrogen-bond acceptors (Lipinski definition) is 4. The highest BCUT2D eigenvalue weighted by Gasteiger charge is 2.51. The standard InChI is InChI=1S/C22H27ClN4O3/c1-2-17-18(23)19(26-25-17)20(28)24-16-9-6-10-27(13-16)21(29)22(30)11-15(12-22)14-7-4-3-5-8-14/h3-5,7-8,15-16,30H,2,6,9-13H2,1H3,(H,24,28)(H,25,26). The summed E-state index contributed by atoms with van der Waals surface area (Å²) >= 11 is 6.21. The second-order valence-corrected chi connectivity index (χ2v) is 8.71. The van der Waals surface area contributed by atoms with Crippen molar-refractivity contribution in [1.82, 2.24) is 20.4 Å². The SMILES string of the molecule is CCc1[nH]nc(C(=O)NC2CCCN(C(=O)C3(O)CC(c4ccccc4)C3)C2)c1Cl. The van der Waals surface area contributed by atoms with Gasteiger partial charge in [0.25, 0.3) is 11.8 Å².